The summed E-state index contributed by atoms with van der Waals surface area (Å²) in [5, 5.41) is 0. The van der Waals surface area contributed by atoms with E-state index in [0.717, 1.165) is 5.56 Å². The van der Waals surface area contributed by atoms with Crippen molar-refractivity contribution in [2.45, 2.75) is 6.10 Å². The molecule has 1 aromatic carbocycles. The fraction of sp³-hybridized carbons (Fsp3) is 0.250. The Kier molecular flexibility index (Phi) is 3.15. The Bertz CT molecular complexity index is 352. The molecule has 1 fully saturated rings. The van der Waals surface area contributed by atoms with Crippen LogP contribution in [0.4, 0.5) is 0 Å². The van der Waals surface area contributed by atoms with E-state index < -0.39 is 0 Å². The molecule has 3 heteroatoms. The van der Waals surface area contributed by atoms with Crippen molar-refractivity contribution < 1.29 is 14.3 Å². The number of hydrogen-bond donors (Lipinski definition) is 0. The molecular formula is C12H12O3. The average molecular weight is 204 g/mol. The second-order valence-corrected chi connectivity index (χ2v) is 3.27. The third-order valence-corrected chi connectivity index (χ3v) is 2.03. The molecule has 15 heavy (non-hydrogen) atoms. The molecule has 0 radical (unpaired) electrons. The molecule has 78 valence electrons. The zero-order valence-electron chi connectivity index (χ0n) is 8.26. The van der Waals surface area contributed by atoms with Crippen LogP contribution < -0.4 is 0 Å². The van der Waals surface area contributed by atoms with Gasteiger partial charge in [0, 0.05) is 0 Å². The Morgan fingerprint density at radius 3 is 2.87 bits per heavy atom. The minimum absolute atomic E-state index is 0.271. The van der Waals surface area contributed by atoms with E-state index in [1.165, 1.54) is 0 Å². The van der Waals surface area contributed by atoms with Gasteiger partial charge in [-0.2, -0.15) is 0 Å². The Morgan fingerprint density at radius 2 is 2.20 bits per heavy atom. The third-order valence-electron chi connectivity index (χ3n) is 2.03. The first-order valence-electron chi connectivity index (χ1n) is 4.86. The Labute approximate surface area is 88.3 Å². The lowest BCUT2D eigenvalue weighted by Crippen LogP contribution is -2.11. The normalized spacial score (nSPS) is 19.1. The summed E-state index contributed by atoms with van der Waals surface area (Å²) in [5.41, 5.74) is 1.09. The van der Waals surface area contributed by atoms with Gasteiger partial charge in [0.2, 0.25) is 0 Å². The summed E-state index contributed by atoms with van der Waals surface area (Å²) in [7, 11) is 0. The molecule has 0 aliphatic carbocycles. The van der Waals surface area contributed by atoms with E-state index in [1.54, 1.807) is 0 Å². The molecule has 1 unspecified atom stereocenters. The van der Waals surface area contributed by atoms with Crippen LogP contribution in [0, 0.1) is 0 Å². The van der Waals surface area contributed by atoms with Gasteiger partial charge in [0.15, 0.2) is 6.10 Å². The highest BCUT2D eigenvalue weighted by molar-refractivity contribution is 5.77. The van der Waals surface area contributed by atoms with Crippen LogP contribution in [0.25, 0.3) is 6.08 Å². The molecule has 1 aliphatic rings. The van der Waals surface area contributed by atoms with Crippen molar-refractivity contribution >= 4 is 12.0 Å². The summed E-state index contributed by atoms with van der Waals surface area (Å²) in [6.45, 7) is 0.800. The molecule has 0 saturated carbocycles. The van der Waals surface area contributed by atoms with Gasteiger partial charge in [-0.1, -0.05) is 36.4 Å². The van der Waals surface area contributed by atoms with Crippen LogP contribution in [0.15, 0.2) is 36.4 Å². The Hall–Kier alpha value is -1.61. The topological polar surface area (TPSA) is 38.8 Å². The van der Waals surface area contributed by atoms with Gasteiger partial charge >= 0.3 is 5.97 Å². The maximum atomic E-state index is 11.0. The first-order chi connectivity index (χ1) is 7.36. The molecule has 1 aromatic rings. The van der Waals surface area contributed by atoms with E-state index in [1.807, 2.05) is 42.5 Å². The van der Waals surface area contributed by atoms with Crippen molar-refractivity contribution in [1.82, 2.24) is 0 Å². The second kappa shape index (κ2) is 4.75. The maximum absolute atomic E-state index is 11.0. The number of carbonyl (C=O) groups is 1. The average Bonchev–Trinajstić information content (AvgIpc) is 3.09. The number of ether oxygens (including phenoxy) is 2. The fourth-order valence-corrected chi connectivity index (χ4v) is 1.16. The SMILES string of the molecule is O=C(OCC=Cc1ccccc1)C1CO1. The Balaban J connectivity index is 1.73. The molecule has 1 atom stereocenters. The van der Waals surface area contributed by atoms with Crippen LogP contribution in [-0.2, 0) is 14.3 Å². The van der Waals surface area contributed by atoms with Gasteiger partial charge < -0.3 is 9.47 Å². The van der Waals surface area contributed by atoms with Crippen molar-refractivity contribution in [1.29, 1.82) is 0 Å². The van der Waals surface area contributed by atoms with Crippen molar-refractivity contribution in [2.24, 2.45) is 0 Å². The summed E-state index contributed by atoms with van der Waals surface area (Å²) >= 11 is 0. The van der Waals surface area contributed by atoms with E-state index >= 15 is 0 Å². The number of epoxide rings is 1. The summed E-state index contributed by atoms with van der Waals surface area (Å²) in [4.78, 5) is 11.0. The van der Waals surface area contributed by atoms with Gasteiger partial charge in [-0.15, -0.1) is 0 Å². The number of benzene rings is 1. The smallest absolute Gasteiger partial charge is 0.338 e. The van der Waals surface area contributed by atoms with E-state index in [9.17, 15) is 4.79 Å². The fourth-order valence-electron chi connectivity index (χ4n) is 1.16. The molecule has 2 rings (SSSR count). The quantitative estimate of drug-likeness (QED) is 0.553. The molecule has 0 amide bonds. The largest absolute Gasteiger partial charge is 0.459 e. The zero-order valence-corrected chi connectivity index (χ0v) is 8.26. The lowest BCUT2D eigenvalue weighted by Gasteiger charge is -1.97. The summed E-state index contributed by atoms with van der Waals surface area (Å²) in [6.07, 6.45) is 3.42. The second-order valence-electron chi connectivity index (χ2n) is 3.27. The van der Waals surface area contributed by atoms with Crippen LogP contribution >= 0.6 is 0 Å². The summed E-state index contributed by atoms with van der Waals surface area (Å²) in [5.74, 6) is -0.271. The first kappa shape index (κ1) is 9.93. The van der Waals surface area contributed by atoms with Crippen molar-refractivity contribution in [3.8, 4) is 0 Å². The molecule has 1 saturated heterocycles. The number of carbonyl (C=O) groups excluding carboxylic acids is 1. The predicted octanol–water partition coefficient (Wildman–Crippen LogP) is 1.64. The van der Waals surface area contributed by atoms with Crippen molar-refractivity contribution in [3.05, 3.63) is 42.0 Å². The molecule has 0 aromatic heterocycles. The monoisotopic (exact) mass is 204 g/mol. The maximum Gasteiger partial charge on any atom is 0.338 e. The van der Waals surface area contributed by atoms with Crippen LogP contribution in [0.5, 0.6) is 0 Å². The van der Waals surface area contributed by atoms with E-state index in [0.29, 0.717) is 13.2 Å². The predicted molar refractivity (Wildman–Crippen MR) is 56.2 cm³/mol. The number of rotatable bonds is 4. The Morgan fingerprint density at radius 1 is 1.47 bits per heavy atom. The molecule has 3 nitrogen and oxygen atoms in total. The third kappa shape index (κ3) is 3.22. The van der Waals surface area contributed by atoms with Crippen molar-refractivity contribution in [2.75, 3.05) is 13.2 Å². The lowest BCUT2D eigenvalue weighted by molar-refractivity contribution is -0.143. The molecular weight excluding hydrogens is 192 g/mol. The van der Waals surface area contributed by atoms with E-state index in [4.69, 9.17) is 9.47 Å². The summed E-state index contributed by atoms with van der Waals surface area (Å²) < 4.78 is 9.72. The number of hydrogen-bond acceptors (Lipinski definition) is 3. The molecule has 0 N–H and O–H groups in total. The van der Waals surface area contributed by atoms with Crippen LogP contribution in [0.2, 0.25) is 0 Å². The highest BCUT2D eigenvalue weighted by Gasteiger charge is 2.32. The minimum atomic E-state index is -0.310. The standard InChI is InChI=1S/C12H12O3/c13-12(11-9-15-11)14-8-4-7-10-5-2-1-3-6-10/h1-7,11H,8-9H2. The van der Waals surface area contributed by atoms with Crippen LogP contribution in [0.3, 0.4) is 0 Å². The van der Waals surface area contributed by atoms with E-state index in [-0.39, 0.29) is 12.1 Å². The lowest BCUT2D eigenvalue weighted by atomic mass is 10.2. The minimum Gasteiger partial charge on any atom is -0.459 e. The van der Waals surface area contributed by atoms with E-state index in [2.05, 4.69) is 0 Å². The molecule has 0 spiro atoms. The van der Waals surface area contributed by atoms with Crippen LogP contribution in [0.1, 0.15) is 5.56 Å². The molecule has 0 bridgehead atoms. The zero-order chi connectivity index (χ0) is 10.5. The van der Waals surface area contributed by atoms with Gasteiger partial charge in [-0.25, -0.2) is 4.79 Å². The first-order valence-corrected chi connectivity index (χ1v) is 4.86. The van der Waals surface area contributed by atoms with Gasteiger partial charge in [0.25, 0.3) is 0 Å². The van der Waals surface area contributed by atoms with Gasteiger partial charge in [0.1, 0.15) is 6.61 Å². The summed E-state index contributed by atoms with van der Waals surface area (Å²) in [6, 6.07) is 9.86. The van der Waals surface area contributed by atoms with Gasteiger partial charge in [0.05, 0.1) is 6.61 Å². The van der Waals surface area contributed by atoms with Gasteiger partial charge in [-0.05, 0) is 11.6 Å². The molecule has 1 heterocycles. The highest BCUT2D eigenvalue weighted by Crippen LogP contribution is 2.10. The van der Waals surface area contributed by atoms with Crippen LogP contribution in [-0.4, -0.2) is 25.3 Å². The van der Waals surface area contributed by atoms with Crippen molar-refractivity contribution in [3.63, 3.8) is 0 Å². The highest BCUT2D eigenvalue weighted by atomic mass is 16.6. The van der Waals surface area contributed by atoms with Gasteiger partial charge in [-0.3, -0.25) is 0 Å². The molecule has 1 aliphatic heterocycles. The number of esters is 1.